The van der Waals surface area contributed by atoms with Crippen molar-refractivity contribution in [1.29, 1.82) is 0 Å². The fourth-order valence-corrected chi connectivity index (χ4v) is 5.07. The molecular formula is C29H25N2O3Pt-. The van der Waals surface area contributed by atoms with Crippen LogP contribution in [-0.2, 0) is 38.6 Å². The average molecular weight is 645 g/mol. The van der Waals surface area contributed by atoms with Gasteiger partial charge in [-0.15, -0.1) is 18.2 Å². The first-order chi connectivity index (χ1) is 16.5. The molecule has 5 nitrogen and oxygen atoms in total. The number of ether oxygens (including phenoxy) is 2. The van der Waals surface area contributed by atoms with Crippen LogP contribution in [0.2, 0.25) is 0 Å². The molecule has 0 bridgehead atoms. The van der Waals surface area contributed by atoms with Gasteiger partial charge in [0.2, 0.25) is 5.88 Å². The molecule has 0 spiro atoms. The zero-order valence-electron chi connectivity index (χ0n) is 19.5. The van der Waals surface area contributed by atoms with Gasteiger partial charge >= 0.3 is 0 Å². The first kappa shape index (κ1) is 23.6. The van der Waals surface area contributed by atoms with Crippen molar-refractivity contribution in [1.82, 2.24) is 4.98 Å². The van der Waals surface area contributed by atoms with Crippen molar-refractivity contribution in [3.05, 3.63) is 95.6 Å². The van der Waals surface area contributed by atoms with E-state index in [2.05, 4.69) is 49.2 Å². The van der Waals surface area contributed by atoms with Crippen LogP contribution in [0.4, 0.5) is 0 Å². The van der Waals surface area contributed by atoms with Gasteiger partial charge in [-0.3, -0.25) is 4.99 Å². The molecule has 0 unspecified atom stereocenters. The van der Waals surface area contributed by atoms with Gasteiger partial charge in [0.05, 0.1) is 6.04 Å². The minimum Gasteiger partial charge on any atom is -0.514 e. The van der Waals surface area contributed by atoms with E-state index in [1.807, 2.05) is 30.3 Å². The fraction of sp³-hybridized carbons (Fsp3) is 0.241. The predicted molar refractivity (Wildman–Crippen MR) is 132 cm³/mol. The van der Waals surface area contributed by atoms with Gasteiger partial charge in [-0.05, 0) is 36.1 Å². The topological polar surface area (TPSA) is 63.9 Å². The van der Waals surface area contributed by atoms with Gasteiger partial charge in [-0.2, -0.15) is 0 Å². The van der Waals surface area contributed by atoms with Crippen molar-refractivity contribution in [3.8, 4) is 17.4 Å². The molecule has 1 aromatic heterocycles. The SMILES string of the molecule is CC1(C)Cc2ccccc2C[C@@H]2N=C(c3[c-]c(Oc4ccc5cccc(O)c5n4)ccc3)O[C@H]21.[Pt]. The summed E-state index contributed by atoms with van der Waals surface area (Å²) in [6.07, 6.45) is 1.83. The number of aromatic nitrogens is 1. The summed E-state index contributed by atoms with van der Waals surface area (Å²) >= 11 is 0. The standard InChI is InChI=1S/C29H25N2O3.Pt/c1-29(2)17-21-8-4-3-7-19(21)16-23-27(29)34-28(30-23)20-10-5-11-22(15-20)33-25-14-13-18-9-6-12-24(32)26(18)31-25;/h3-14,23,27,32H,16-17H2,1-2H3;/q-1;/t23-,27+;/m0./s1. The van der Waals surface area contributed by atoms with Crippen molar-refractivity contribution in [2.24, 2.45) is 10.4 Å². The number of nitrogens with zero attached hydrogens (tertiary/aromatic N) is 2. The number of hydrogen-bond donors (Lipinski definition) is 1. The summed E-state index contributed by atoms with van der Waals surface area (Å²) in [5.41, 5.74) is 3.95. The van der Waals surface area contributed by atoms with Gasteiger partial charge in [0, 0.05) is 43.7 Å². The second-order valence-electron chi connectivity index (χ2n) is 9.71. The van der Waals surface area contributed by atoms with Crippen molar-refractivity contribution >= 4 is 16.8 Å². The Bertz CT molecular complexity index is 1430. The molecule has 1 aliphatic heterocycles. The normalized spacial score (nSPS) is 20.0. The quantitative estimate of drug-likeness (QED) is 0.284. The number of rotatable bonds is 3. The molecule has 0 saturated heterocycles. The maximum atomic E-state index is 10.1. The van der Waals surface area contributed by atoms with Gasteiger partial charge in [0.15, 0.2) is 0 Å². The molecule has 4 aromatic rings. The second kappa shape index (κ2) is 9.12. The van der Waals surface area contributed by atoms with E-state index in [1.165, 1.54) is 11.1 Å². The Labute approximate surface area is 219 Å². The summed E-state index contributed by atoms with van der Waals surface area (Å²) in [5, 5.41) is 11.0. The number of phenols is 1. The molecule has 0 saturated carbocycles. The van der Waals surface area contributed by atoms with Gasteiger partial charge in [0.25, 0.3) is 0 Å². The third-order valence-electron chi connectivity index (χ3n) is 6.72. The monoisotopic (exact) mass is 644 g/mol. The molecule has 6 heteroatoms. The van der Waals surface area contributed by atoms with Crippen LogP contribution in [0.5, 0.6) is 17.4 Å². The molecule has 2 heterocycles. The first-order valence-corrected chi connectivity index (χ1v) is 11.6. The number of fused-ring (bicyclic) bond motifs is 3. The Morgan fingerprint density at radius 3 is 2.63 bits per heavy atom. The molecule has 1 N–H and O–H groups in total. The molecule has 1 aliphatic carbocycles. The van der Waals surface area contributed by atoms with Crippen LogP contribution in [0.15, 0.2) is 77.8 Å². The van der Waals surface area contributed by atoms with E-state index in [1.54, 1.807) is 18.2 Å². The van der Waals surface area contributed by atoms with E-state index in [9.17, 15) is 5.11 Å². The van der Waals surface area contributed by atoms with Crippen LogP contribution in [0, 0.1) is 11.5 Å². The Balaban J connectivity index is 0.00000253. The molecule has 2 aliphatic rings. The third kappa shape index (κ3) is 4.46. The van der Waals surface area contributed by atoms with Gasteiger partial charge in [-0.1, -0.05) is 61.9 Å². The smallest absolute Gasteiger partial charge is 0.217 e. The van der Waals surface area contributed by atoms with Crippen molar-refractivity contribution in [2.75, 3.05) is 0 Å². The largest absolute Gasteiger partial charge is 0.514 e. The third-order valence-corrected chi connectivity index (χ3v) is 6.72. The summed E-state index contributed by atoms with van der Waals surface area (Å²) in [6, 6.07) is 26.6. The van der Waals surface area contributed by atoms with Crippen molar-refractivity contribution < 1.29 is 35.6 Å². The van der Waals surface area contributed by atoms with E-state index in [-0.39, 0.29) is 44.4 Å². The molecule has 180 valence electrons. The molecule has 0 radical (unpaired) electrons. The van der Waals surface area contributed by atoms with Crippen LogP contribution in [0.1, 0.15) is 30.5 Å². The van der Waals surface area contributed by atoms with Crippen molar-refractivity contribution in [2.45, 2.75) is 38.8 Å². The molecule has 6 rings (SSSR count). The average Bonchev–Trinajstić information content (AvgIpc) is 3.22. The molecular weight excluding hydrogens is 619 g/mol. The van der Waals surface area contributed by atoms with Gasteiger partial charge in [-0.25, -0.2) is 4.98 Å². The maximum Gasteiger partial charge on any atom is 0.217 e. The summed E-state index contributed by atoms with van der Waals surface area (Å²) < 4.78 is 12.5. The van der Waals surface area contributed by atoms with Gasteiger partial charge in [0.1, 0.15) is 23.3 Å². The number of hydrogen-bond acceptors (Lipinski definition) is 5. The number of benzene rings is 3. The summed E-state index contributed by atoms with van der Waals surface area (Å²) in [7, 11) is 0. The number of para-hydroxylation sites is 1. The predicted octanol–water partition coefficient (Wildman–Crippen LogP) is 5.87. The summed E-state index contributed by atoms with van der Waals surface area (Å²) in [6.45, 7) is 4.52. The first-order valence-electron chi connectivity index (χ1n) is 11.6. The molecule has 0 fully saturated rings. The maximum absolute atomic E-state index is 10.1. The zero-order chi connectivity index (χ0) is 23.3. The van der Waals surface area contributed by atoms with Gasteiger partial charge < -0.3 is 14.6 Å². The Kier molecular flexibility index (Phi) is 6.14. The van der Waals surface area contributed by atoms with E-state index < -0.39 is 0 Å². The number of aromatic hydroxyl groups is 1. The van der Waals surface area contributed by atoms with Crippen LogP contribution in [-0.4, -0.2) is 28.1 Å². The van der Waals surface area contributed by atoms with Crippen LogP contribution < -0.4 is 4.74 Å². The van der Waals surface area contributed by atoms with E-state index in [4.69, 9.17) is 14.5 Å². The number of phenolic OH excluding ortho intramolecular Hbond substituents is 1. The Hall–Kier alpha value is -3.17. The van der Waals surface area contributed by atoms with E-state index >= 15 is 0 Å². The zero-order valence-corrected chi connectivity index (χ0v) is 21.7. The molecule has 35 heavy (non-hydrogen) atoms. The van der Waals surface area contributed by atoms with E-state index in [0.717, 1.165) is 23.8 Å². The second-order valence-corrected chi connectivity index (χ2v) is 9.71. The molecule has 0 amide bonds. The minimum absolute atomic E-state index is 0. The minimum atomic E-state index is -0.0480. The molecule has 2 atom stereocenters. The Morgan fingerprint density at radius 2 is 1.77 bits per heavy atom. The van der Waals surface area contributed by atoms with E-state index in [0.29, 0.717) is 23.0 Å². The van der Waals surface area contributed by atoms with Crippen LogP contribution in [0.3, 0.4) is 0 Å². The summed E-state index contributed by atoms with van der Waals surface area (Å²) in [4.78, 5) is 9.45. The summed E-state index contributed by atoms with van der Waals surface area (Å²) in [5.74, 6) is 1.64. The molecule has 3 aromatic carbocycles. The Morgan fingerprint density at radius 1 is 0.971 bits per heavy atom. The number of pyridine rings is 1. The van der Waals surface area contributed by atoms with Crippen LogP contribution in [0.25, 0.3) is 10.9 Å². The number of aliphatic imine (C=N–C) groups is 1. The van der Waals surface area contributed by atoms with Crippen molar-refractivity contribution in [3.63, 3.8) is 0 Å². The van der Waals surface area contributed by atoms with Crippen LogP contribution >= 0.6 is 0 Å². The fourth-order valence-electron chi connectivity index (χ4n) is 5.07.